The van der Waals surface area contributed by atoms with Gasteiger partial charge in [-0.05, 0) is 43.3 Å². The standard InChI is InChI=1S/C25H19ClN4O5/c1-15-23(31)22(20-8-3-4-9-21(20)35-2)24(29(28-15)19-7-5-6-17(26)14-19)27-25(32)16-10-12-18(13-11-16)30(33)34/h3-14H,1-2H3,(H,27,32). The normalized spacial score (nSPS) is 10.6. The minimum absolute atomic E-state index is 0.0933. The van der Waals surface area contributed by atoms with Crippen molar-refractivity contribution in [3.05, 3.63) is 109 Å². The van der Waals surface area contributed by atoms with Crippen molar-refractivity contribution in [1.29, 1.82) is 0 Å². The molecule has 1 N–H and O–H groups in total. The molecular formula is C25H19ClN4O5. The molecule has 4 rings (SSSR count). The summed E-state index contributed by atoms with van der Waals surface area (Å²) in [6.07, 6.45) is 0. The molecule has 0 bridgehead atoms. The number of hydrogen-bond donors (Lipinski definition) is 1. The topological polar surface area (TPSA) is 116 Å². The van der Waals surface area contributed by atoms with Crippen LogP contribution in [0.4, 0.5) is 11.5 Å². The van der Waals surface area contributed by atoms with Gasteiger partial charge in [-0.2, -0.15) is 5.10 Å². The molecule has 10 heteroatoms. The summed E-state index contributed by atoms with van der Waals surface area (Å²) in [7, 11) is 1.48. The van der Waals surface area contributed by atoms with Crippen LogP contribution in [0.5, 0.6) is 5.75 Å². The molecule has 3 aromatic carbocycles. The highest BCUT2D eigenvalue weighted by atomic mass is 35.5. The Labute approximate surface area is 204 Å². The van der Waals surface area contributed by atoms with Gasteiger partial charge in [0.15, 0.2) is 0 Å². The predicted octanol–water partition coefficient (Wildman–Crippen LogP) is 5.03. The van der Waals surface area contributed by atoms with Gasteiger partial charge in [-0.25, -0.2) is 4.68 Å². The molecular weight excluding hydrogens is 472 g/mol. The number of amides is 1. The maximum Gasteiger partial charge on any atom is 0.269 e. The predicted molar refractivity (Wildman–Crippen MR) is 133 cm³/mol. The molecule has 0 unspecified atom stereocenters. The molecule has 0 aliphatic rings. The summed E-state index contributed by atoms with van der Waals surface area (Å²) in [5, 5.41) is 18.6. The minimum atomic E-state index is -0.586. The first-order chi connectivity index (χ1) is 16.8. The summed E-state index contributed by atoms with van der Waals surface area (Å²) < 4.78 is 6.90. The molecule has 9 nitrogen and oxygen atoms in total. The maximum absolute atomic E-state index is 13.4. The van der Waals surface area contributed by atoms with E-state index in [-0.39, 0.29) is 28.3 Å². The molecule has 0 aliphatic carbocycles. The average molecular weight is 491 g/mol. The molecule has 1 heterocycles. The number of carbonyl (C=O) groups excluding carboxylic acids is 1. The number of para-hydroxylation sites is 1. The third-order valence-corrected chi connectivity index (χ3v) is 5.49. The molecule has 4 aromatic rings. The second-order valence-electron chi connectivity index (χ2n) is 7.49. The summed E-state index contributed by atoms with van der Waals surface area (Å²) in [4.78, 5) is 37.0. The van der Waals surface area contributed by atoms with E-state index >= 15 is 0 Å². The number of nitro groups is 1. The van der Waals surface area contributed by atoms with Crippen LogP contribution in [0, 0.1) is 17.0 Å². The highest BCUT2D eigenvalue weighted by Crippen LogP contribution is 2.34. The number of aryl methyl sites for hydroxylation is 1. The van der Waals surface area contributed by atoms with Crippen molar-refractivity contribution in [1.82, 2.24) is 9.78 Å². The molecule has 0 saturated carbocycles. The fourth-order valence-corrected chi connectivity index (χ4v) is 3.75. The lowest BCUT2D eigenvalue weighted by molar-refractivity contribution is -0.384. The van der Waals surface area contributed by atoms with Gasteiger partial charge in [0.25, 0.3) is 11.6 Å². The number of methoxy groups -OCH3 is 1. The van der Waals surface area contributed by atoms with Gasteiger partial charge in [0.05, 0.1) is 23.3 Å². The summed E-state index contributed by atoms with van der Waals surface area (Å²) in [6, 6.07) is 18.8. The molecule has 1 amide bonds. The molecule has 0 spiro atoms. The summed E-state index contributed by atoms with van der Waals surface area (Å²) >= 11 is 6.20. The van der Waals surface area contributed by atoms with E-state index < -0.39 is 16.3 Å². The Hall–Kier alpha value is -4.50. The number of hydrogen-bond acceptors (Lipinski definition) is 6. The lowest BCUT2D eigenvalue weighted by atomic mass is 10.0. The van der Waals surface area contributed by atoms with Gasteiger partial charge >= 0.3 is 0 Å². The van der Waals surface area contributed by atoms with E-state index in [1.165, 1.54) is 36.1 Å². The number of nitro benzene ring substituents is 1. The van der Waals surface area contributed by atoms with E-state index in [0.717, 1.165) is 0 Å². The van der Waals surface area contributed by atoms with Gasteiger partial charge in [0.2, 0.25) is 5.43 Å². The second-order valence-corrected chi connectivity index (χ2v) is 7.92. The highest BCUT2D eigenvalue weighted by Gasteiger charge is 2.23. The van der Waals surface area contributed by atoms with Crippen LogP contribution >= 0.6 is 11.6 Å². The zero-order chi connectivity index (χ0) is 25.1. The number of carbonyl (C=O) groups is 1. The lowest BCUT2D eigenvalue weighted by Gasteiger charge is -2.19. The molecule has 176 valence electrons. The van der Waals surface area contributed by atoms with Crippen LogP contribution in [0.15, 0.2) is 77.6 Å². The van der Waals surface area contributed by atoms with Crippen LogP contribution in [0.1, 0.15) is 16.1 Å². The van der Waals surface area contributed by atoms with Gasteiger partial charge in [-0.15, -0.1) is 0 Å². The first kappa shape index (κ1) is 23.7. The molecule has 0 aliphatic heterocycles. The van der Waals surface area contributed by atoms with Crippen LogP contribution in [0.2, 0.25) is 5.02 Å². The fraction of sp³-hybridized carbons (Fsp3) is 0.0800. The molecule has 0 fully saturated rings. The van der Waals surface area contributed by atoms with Crippen molar-refractivity contribution >= 4 is 29.0 Å². The summed E-state index contributed by atoms with van der Waals surface area (Å²) in [6.45, 7) is 1.57. The van der Waals surface area contributed by atoms with E-state index in [0.29, 0.717) is 22.0 Å². The molecule has 35 heavy (non-hydrogen) atoms. The molecule has 0 radical (unpaired) electrons. The Morgan fingerprint density at radius 2 is 1.80 bits per heavy atom. The van der Waals surface area contributed by atoms with Crippen molar-refractivity contribution in [2.75, 3.05) is 12.4 Å². The number of nitrogens with zero attached hydrogens (tertiary/aromatic N) is 3. The number of anilines is 1. The van der Waals surface area contributed by atoms with E-state index in [4.69, 9.17) is 16.3 Å². The van der Waals surface area contributed by atoms with Gasteiger partial charge < -0.3 is 10.1 Å². The van der Waals surface area contributed by atoms with Crippen molar-refractivity contribution < 1.29 is 14.5 Å². The summed E-state index contributed by atoms with van der Waals surface area (Å²) in [5.41, 5.74) is 0.948. The highest BCUT2D eigenvalue weighted by molar-refractivity contribution is 6.30. The largest absolute Gasteiger partial charge is 0.496 e. The fourth-order valence-electron chi connectivity index (χ4n) is 3.57. The average Bonchev–Trinajstić information content (AvgIpc) is 2.86. The Bertz CT molecular complexity index is 1500. The molecule has 0 atom stereocenters. The smallest absolute Gasteiger partial charge is 0.269 e. The third-order valence-electron chi connectivity index (χ3n) is 5.26. The minimum Gasteiger partial charge on any atom is -0.496 e. The van der Waals surface area contributed by atoms with Gasteiger partial charge in [-0.3, -0.25) is 19.7 Å². The molecule has 0 saturated heterocycles. The van der Waals surface area contributed by atoms with E-state index in [1.54, 1.807) is 55.5 Å². The van der Waals surface area contributed by atoms with Crippen LogP contribution in [-0.4, -0.2) is 27.7 Å². The Morgan fingerprint density at radius 3 is 2.46 bits per heavy atom. The van der Waals surface area contributed by atoms with Crippen LogP contribution in [0.3, 0.4) is 0 Å². The number of nitrogens with one attached hydrogen (secondary N) is 1. The zero-order valence-electron chi connectivity index (χ0n) is 18.7. The van der Waals surface area contributed by atoms with Gasteiger partial charge in [0.1, 0.15) is 17.3 Å². The van der Waals surface area contributed by atoms with E-state index in [9.17, 15) is 19.7 Å². The first-order valence-corrected chi connectivity index (χ1v) is 10.8. The lowest BCUT2D eigenvalue weighted by Crippen LogP contribution is -2.25. The van der Waals surface area contributed by atoms with Gasteiger partial charge in [-0.1, -0.05) is 35.9 Å². The number of halogens is 1. The van der Waals surface area contributed by atoms with Crippen molar-refractivity contribution in [3.8, 4) is 22.6 Å². The van der Waals surface area contributed by atoms with Crippen LogP contribution in [0.25, 0.3) is 16.8 Å². The number of aromatic nitrogens is 2. The van der Waals surface area contributed by atoms with Gasteiger partial charge in [0, 0.05) is 28.3 Å². The SMILES string of the molecule is COc1ccccc1-c1c(NC(=O)c2ccc([N+](=O)[O-])cc2)n(-c2cccc(Cl)c2)nc(C)c1=O. The second kappa shape index (κ2) is 9.78. The molecule has 1 aromatic heterocycles. The third kappa shape index (κ3) is 4.75. The first-order valence-electron chi connectivity index (χ1n) is 10.4. The number of benzene rings is 3. The Kier molecular flexibility index (Phi) is 6.61. The van der Waals surface area contributed by atoms with Crippen molar-refractivity contribution in [2.45, 2.75) is 6.92 Å². The zero-order valence-corrected chi connectivity index (χ0v) is 19.4. The number of rotatable bonds is 6. The van der Waals surface area contributed by atoms with Crippen molar-refractivity contribution in [2.24, 2.45) is 0 Å². The number of non-ortho nitro benzene ring substituents is 1. The van der Waals surface area contributed by atoms with Crippen molar-refractivity contribution in [3.63, 3.8) is 0 Å². The maximum atomic E-state index is 13.4. The van der Waals surface area contributed by atoms with E-state index in [2.05, 4.69) is 10.4 Å². The summed E-state index contributed by atoms with van der Waals surface area (Å²) in [5.74, 6) is -0.0636. The monoisotopic (exact) mass is 490 g/mol. The quantitative estimate of drug-likeness (QED) is 0.299. The van der Waals surface area contributed by atoms with E-state index in [1.807, 2.05) is 0 Å². The Morgan fingerprint density at radius 1 is 1.09 bits per heavy atom. The Balaban J connectivity index is 1.95. The van der Waals surface area contributed by atoms with Crippen LogP contribution in [-0.2, 0) is 0 Å². The number of ether oxygens (including phenoxy) is 1. The van der Waals surface area contributed by atoms with Crippen LogP contribution < -0.4 is 15.5 Å².